The lowest BCUT2D eigenvalue weighted by Gasteiger charge is -2.05. The highest BCUT2D eigenvalue weighted by atomic mass is 32.2. The third-order valence-corrected chi connectivity index (χ3v) is 2.97. The standard InChI is InChI=1S/C11H19NOS.CH4/c1-4-7-14-9-11-6-5-10(13-11)8-12(2)3;/h5-6H,4,7-9H2,1-3H3;1H4. The van der Waals surface area contributed by atoms with Crippen LogP contribution in [0.1, 0.15) is 32.3 Å². The van der Waals surface area contributed by atoms with Crippen molar-refractivity contribution in [3.05, 3.63) is 23.7 Å². The van der Waals surface area contributed by atoms with Gasteiger partial charge in [0.05, 0.1) is 12.3 Å². The highest BCUT2D eigenvalue weighted by molar-refractivity contribution is 7.98. The number of hydrogen-bond donors (Lipinski definition) is 0. The largest absolute Gasteiger partial charge is 0.464 e. The van der Waals surface area contributed by atoms with Gasteiger partial charge in [-0.2, -0.15) is 11.8 Å². The van der Waals surface area contributed by atoms with E-state index in [9.17, 15) is 0 Å². The Morgan fingerprint density at radius 1 is 1.27 bits per heavy atom. The summed E-state index contributed by atoms with van der Waals surface area (Å²) in [6, 6.07) is 4.16. The summed E-state index contributed by atoms with van der Waals surface area (Å²) in [5.41, 5.74) is 0. The molecule has 3 heteroatoms. The van der Waals surface area contributed by atoms with Gasteiger partial charge in [-0.3, -0.25) is 0 Å². The third-order valence-electron chi connectivity index (χ3n) is 1.78. The average molecular weight is 229 g/mol. The van der Waals surface area contributed by atoms with E-state index in [1.165, 1.54) is 12.2 Å². The van der Waals surface area contributed by atoms with E-state index < -0.39 is 0 Å². The van der Waals surface area contributed by atoms with Gasteiger partial charge in [0.2, 0.25) is 0 Å². The van der Waals surface area contributed by atoms with Crippen LogP contribution in [0.2, 0.25) is 0 Å². The quantitative estimate of drug-likeness (QED) is 0.693. The summed E-state index contributed by atoms with van der Waals surface area (Å²) >= 11 is 1.93. The molecule has 0 fully saturated rings. The Hall–Kier alpha value is -0.410. The Balaban J connectivity index is 0.00000196. The van der Waals surface area contributed by atoms with Crippen LogP contribution in [0.4, 0.5) is 0 Å². The molecule has 0 N–H and O–H groups in total. The predicted molar refractivity (Wildman–Crippen MR) is 69.3 cm³/mol. The summed E-state index contributed by atoms with van der Waals surface area (Å²) in [6.45, 7) is 3.09. The van der Waals surface area contributed by atoms with E-state index in [0.29, 0.717) is 0 Å². The minimum Gasteiger partial charge on any atom is -0.464 e. The fourth-order valence-electron chi connectivity index (χ4n) is 1.21. The van der Waals surface area contributed by atoms with Gasteiger partial charge in [0.15, 0.2) is 0 Å². The molecule has 0 bridgehead atoms. The van der Waals surface area contributed by atoms with Crippen molar-refractivity contribution in [2.24, 2.45) is 0 Å². The van der Waals surface area contributed by atoms with Crippen LogP contribution in [0.15, 0.2) is 16.5 Å². The fraction of sp³-hybridized carbons (Fsp3) is 0.667. The van der Waals surface area contributed by atoms with Crippen molar-refractivity contribution in [3.8, 4) is 0 Å². The van der Waals surface area contributed by atoms with E-state index in [1.54, 1.807) is 0 Å². The van der Waals surface area contributed by atoms with Gasteiger partial charge >= 0.3 is 0 Å². The van der Waals surface area contributed by atoms with Crippen LogP contribution in [0, 0.1) is 0 Å². The molecule has 2 nitrogen and oxygen atoms in total. The van der Waals surface area contributed by atoms with Gasteiger partial charge in [0, 0.05) is 0 Å². The number of rotatable bonds is 6. The maximum absolute atomic E-state index is 5.68. The number of thioether (sulfide) groups is 1. The first kappa shape index (κ1) is 14.6. The van der Waals surface area contributed by atoms with Gasteiger partial charge in [0.25, 0.3) is 0 Å². The second kappa shape index (κ2) is 7.83. The van der Waals surface area contributed by atoms with Crippen LogP contribution in [-0.2, 0) is 12.3 Å². The zero-order chi connectivity index (χ0) is 10.4. The third kappa shape index (κ3) is 5.90. The van der Waals surface area contributed by atoms with Crippen LogP contribution in [0.3, 0.4) is 0 Å². The van der Waals surface area contributed by atoms with E-state index >= 15 is 0 Å². The maximum atomic E-state index is 5.68. The summed E-state index contributed by atoms with van der Waals surface area (Å²) < 4.78 is 5.68. The molecule has 0 unspecified atom stereocenters. The molecule has 1 aromatic rings. The maximum Gasteiger partial charge on any atom is 0.118 e. The SMILES string of the molecule is C.CCCSCc1ccc(CN(C)C)o1. The van der Waals surface area contributed by atoms with Gasteiger partial charge in [-0.25, -0.2) is 0 Å². The molecule has 0 aromatic carbocycles. The first-order valence-corrected chi connectivity index (χ1v) is 6.18. The molecule has 0 saturated carbocycles. The molecule has 1 aromatic heterocycles. The van der Waals surface area contributed by atoms with E-state index in [2.05, 4.69) is 24.0 Å². The molecule has 1 rings (SSSR count). The molecule has 0 radical (unpaired) electrons. The van der Waals surface area contributed by atoms with Gasteiger partial charge < -0.3 is 9.32 Å². The summed E-state index contributed by atoms with van der Waals surface area (Å²) in [4.78, 5) is 2.11. The Morgan fingerprint density at radius 3 is 2.53 bits per heavy atom. The number of nitrogens with zero attached hydrogens (tertiary/aromatic N) is 1. The van der Waals surface area contributed by atoms with Crippen molar-refractivity contribution in [2.75, 3.05) is 19.8 Å². The normalized spacial score (nSPS) is 10.4. The molecular formula is C12H23NOS. The van der Waals surface area contributed by atoms with Gasteiger partial charge in [-0.05, 0) is 38.4 Å². The molecule has 15 heavy (non-hydrogen) atoms. The summed E-state index contributed by atoms with van der Waals surface area (Å²) in [6.07, 6.45) is 1.23. The van der Waals surface area contributed by atoms with Crippen molar-refractivity contribution in [2.45, 2.75) is 33.1 Å². The van der Waals surface area contributed by atoms with Crippen LogP contribution >= 0.6 is 11.8 Å². The van der Waals surface area contributed by atoms with E-state index in [4.69, 9.17) is 4.42 Å². The average Bonchev–Trinajstić information content (AvgIpc) is 2.52. The van der Waals surface area contributed by atoms with Crippen LogP contribution in [0.5, 0.6) is 0 Å². The molecule has 0 aliphatic heterocycles. The Morgan fingerprint density at radius 2 is 1.93 bits per heavy atom. The van der Waals surface area contributed by atoms with Crippen LogP contribution in [0.25, 0.3) is 0 Å². The summed E-state index contributed by atoms with van der Waals surface area (Å²) in [5, 5.41) is 0. The zero-order valence-electron chi connectivity index (χ0n) is 9.25. The minimum absolute atomic E-state index is 0. The highest BCUT2D eigenvalue weighted by Gasteiger charge is 2.02. The Labute approximate surface area is 98.0 Å². The highest BCUT2D eigenvalue weighted by Crippen LogP contribution is 2.16. The van der Waals surface area contributed by atoms with Crippen molar-refractivity contribution in [1.29, 1.82) is 0 Å². The zero-order valence-corrected chi connectivity index (χ0v) is 10.1. The monoisotopic (exact) mass is 229 g/mol. The molecule has 0 aliphatic rings. The summed E-state index contributed by atoms with van der Waals surface area (Å²) in [7, 11) is 4.10. The first-order valence-electron chi connectivity index (χ1n) is 5.02. The summed E-state index contributed by atoms with van der Waals surface area (Å²) in [5.74, 6) is 4.37. The molecule has 1 heterocycles. The molecule has 88 valence electrons. The van der Waals surface area contributed by atoms with Crippen molar-refractivity contribution >= 4 is 11.8 Å². The van der Waals surface area contributed by atoms with E-state index in [-0.39, 0.29) is 7.43 Å². The van der Waals surface area contributed by atoms with Gasteiger partial charge in [-0.1, -0.05) is 14.4 Å². The number of hydrogen-bond acceptors (Lipinski definition) is 3. The van der Waals surface area contributed by atoms with Crippen LogP contribution < -0.4 is 0 Å². The second-order valence-corrected chi connectivity index (χ2v) is 4.76. The molecule has 0 amide bonds. The Bertz CT molecular complexity index is 258. The lowest BCUT2D eigenvalue weighted by molar-refractivity contribution is 0.344. The lowest BCUT2D eigenvalue weighted by Crippen LogP contribution is -2.09. The Kier molecular flexibility index (Phi) is 7.61. The minimum atomic E-state index is 0. The lowest BCUT2D eigenvalue weighted by atomic mass is 10.4. The molecular weight excluding hydrogens is 206 g/mol. The van der Waals surface area contributed by atoms with Gasteiger partial charge in [-0.15, -0.1) is 0 Å². The molecule has 0 aliphatic carbocycles. The van der Waals surface area contributed by atoms with Crippen LogP contribution in [-0.4, -0.2) is 24.7 Å². The smallest absolute Gasteiger partial charge is 0.118 e. The molecule has 0 saturated heterocycles. The fourth-order valence-corrected chi connectivity index (χ4v) is 2.00. The van der Waals surface area contributed by atoms with Gasteiger partial charge in [0.1, 0.15) is 11.5 Å². The van der Waals surface area contributed by atoms with E-state index in [1.807, 2.05) is 25.9 Å². The predicted octanol–water partition coefficient (Wildman–Crippen LogP) is 3.62. The van der Waals surface area contributed by atoms with Crippen molar-refractivity contribution in [3.63, 3.8) is 0 Å². The topological polar surface area (TPSA) is 16.4 Å². The number of furan rings is 1. The van der Waals surface area contributed by atoms with E-state index in [0.717, 1.165) is 23.8 Å². The first-order chi connectivity index (χ1) is 6.72. The molecule has 0 spiro atoms. The van der Waals surface area contributed by atoms with Crippen molar-refractivity contribution < 1.29 is 4.42 Å². The van der Waals surface area contributed by atoms with Crippen molar-refractivity contribution in [1.82, 2.24) is 4.90 Å². The second-order valence-electron chi connectivity index (χ2n) is 3.66. The molecule has 0 atom stereocenters.